The average molecular weight is 801 g/mol. The molecule has 1 amide bonds. The van der Waals surface area contributed by atoms with Crippen LogP contribution in [-0.4, -0.2) is 74.5 Å². The van der Waals surface area contributed by atoms with Crippen molar-refractivity contribution in [3.63, 3.8) is 0 Å². The number of aryl methyl sites for hydroxylation is 1. The lowest BCUT2D eigenvalue weighted by Gasteiger charge is -2.53. The van der Waals surface area contributed by atoms with Gasteiger partial charge in [-0.15, -0.1) is 0 Å². The molecular weight excluding hydrogens is 733 g/mol. The topological polar surface area (TPSA) is 133 Å². The van der Waals surface area contributed by atoms with Gasteiger partial charge in [-0.1, -0.05) is 64.7 Å². The molecule has 1 aromatic heterocycles. The van der Waals surface area contributed by atoms with Crippen LogP contribution >= 0.6 is 0 Å². The molecule has 3 saturated heterocycles. The van der Waals surface area contributed by atoms with Crippen molar-refractivity contribution < 1.29 is 23.9 Å². The number of aromatic nitrogens is 1. The van der Waals surface area contributed by atoms with E-state index >= 15 is 0 Å². The fourth-order valence-electron chi connectivity index (χ4n) is 9.31. The molecule has 1 aliphatic carbocycles. The smallest absolute Gasteiger partial charge is 0.317 e. The largest absolute Gasteiger partial charge is 0.506 e. The first-order valence-electron chi connectivity index (χ1n) is 21.8. The van der Waals surface area contributed by atoms with Crippen LogP contribution in [0.2, 0.25) is 18.1 Å². The molecule has 0 spiro atoms. The highest BCUT2D eigenvalue weighted by Crippen LogP contribution is 2.51. The molecule has 0 unspecified atom stereocenters. The first-order chi connectivity index (χ1) is 27.3. The van der Waals surface area contributed by atoms with Gasteiger partial charge in [0, 0.05) is 37.5 Å². The summed E-state index contributed by atoms with van der Waals surface area (Å²) in [5.74, 6) is 1.78. The minimum absolute atomic E-state index is 0.0167. The van der Waals surface area contributed by atoms with Crippen LogP contribution in [-0.2, 0) is 20.4 Å². The van der Waals surface area contributed by atoms with E-state index in [1.54, 1.807) is 12.1 Å². The molecule has 11 heteroatoms. The Morgan fingerprint density at radius 2 is 1.74 bits per heavy atom. The number of carbonyl (C=O) groups is 2. The number of phenolic OH excluding ortho intramolecular Hbond substituents is 1. The number of benzene rings is 2. The number of amides is 1. The summed E-state index contributed by atoms with van der Waals surface area (Å²) in [6.07, 6.45) is 12.3. The van der Waals surface area contributed by atoms with Crippen LogP contribution in [0.25, 0.3) is 10.9 Å². The molecule has 0 radical (unpaired) electrons. The minimum atomic E-state index is -2.15. The van der Waals surface area contributed by atoms with Crippen LogP contribution in [0.3, 0.4) is 0 Å². The van der Waals surface area contributed by atoms with Gasteiger partial charge in [0.15, 0.2) is 8.32 Å². The number of aromatic amines is 1. The first kappa shape index (κ1) is 43.1. The third kappa shape index (κ3) is 10.8. The molecule has 3 aliphatic heterocycles. The molecule has 2 bridgehead atoms. The van der Waals surface area contributed by atoms with Crippen LogP contribution in [0.15, 0.2) is 53.3 Å². The number of aromatic hydroxyl groups is 1. The lowest BCUT2D eigenvalue weighted by Crippen LogP contribution is -2.57. The number of hydrogen-bond acceptors (Lipinski definition) is 8. The van der Waals surface area contributed by atoms with E-state index in [0.717, 1.165) is 87.4 Å². The van der Waals surface area contributed by atoms with Gasteiger partial charge in [-0.25, -0.2) is 0 Å². The lowest BCUT2D eigenvalue weighted by atomic mass is 9.58. The Kier molecular flexibility index (Phi) is 14.4. The second-order valence-electron chi connectivity index (χ2n) is 18.6. The van der Waals surface area contributed by atoms with Gasteiger partial charge in [0.2, 0.25) is 11.5 Å². The molecule has 3 aromatic rings. The molecule has 57 heavy (non-hydrogen) atoms. The van der Waals surface area contributed by atoms with Gasteiger partial charge in [-0.3, -0.25) is 14.4 Å². The van der Waals surface area contributed by atoms with Crippen molar-refractivity contribution >= 4 is 31.1 Å². The second-order valence-corrected chi connectivity index (χ2v) is 23.4. The second kappa shape index (κ2) is 19.0. The van der Waals surface area contributed by atoms with Gasteiger partial charge in [0.25, 0.3) is 0 Å². The van der Waals surface area contributed by atoms with E-state index in [2.05, 4.69) is 60.4 Å². The molecule has 2 atom stereocenters. The van der Waals surface area contributed by atoms with Crippen molar-refractivity contribution in [2.24, 2.45) is 17.3 Å². The van der Waals surface area contributed by atoms with Crippen LogP contribution in [0.1, 0.15) is 115 Å². The van der Waals surface area contributed by atoms with Gasteiger partial charge in [0.05, 0.1) is 17.0 Å². The summed E-state index contributed by atoms with van der Waals surface area (Å²) in [4.78, 5) is 44.0. The Balaban J connectivity index is 0.903. The Morgan fingerprint density at radius 1 is 0.982 bits per heavy atom. The number of ether oxygens (including phenoxy) is 1. The molecule has 4 N–H and O–H groups in total. The maximum Gasteiger partial charge on any atom is 0.317 e. The zero-order valence-corrected chi connectivity index (χ0v) is 36.2. The van der Waals surface area contributed by atoms with Crippen molar-refractivity contribution in [2.45, 2.75) is 128 Å². The van der Waals surface area contributed by atoms with E-state index in [-0.39, 0.29) is 39.7 Å². The summed E-state index contributed by atoms with van der Waals surface area (Å²) in [6, 6.07) is 14.7. The van der Waals surface area contributed by atoms with E-state index in [0.29, 0.717) is 42.6 Å². The average Bonchev–Trinajstić information content (AvgIpc) is 3.19. The monoisotopic (exact) mass is 800 g/mol. The third-order valence-electron chi connectivity index (χ3n) is 13.7. The summed E-state index contributed by atoms with van der Waals surface area (Å²) in [7, 11) is -2.15. The number of hydrogen-bond donors (Lipinski definition) is 4. The number of unbranched alkanes of at least 4 members (excludes halogenated alkanes) is 2. The number of pyridine rings is 1. The van der Waals surface area contributed by atoms with Gasteiger partial charge >= 0.3 is 5.97 Å². The number of rotatable bonds is 18. The van der Waals surface area contributed by atoms with Gasteiger partial charge < -0.3 is 34.8 Å². The molecular formula is C46H68N4O6Si. The number of fused-ring (bicyclic) bond motifs is 4. The van der Waals surface area contributed by atoms with E-state index in [9.17, 15) is 19.5 Å². The number of nitrogens with zero attached hydrogens (tertiary/aromatic N) is 1. The number of piperidine rings is 3. The number of phenols is 1. The van der Waals surface area contributed by atoms with Crippen LogP contribution in [0.4, 0.5) is 0 Å². The van der Waals surface area contributed by atoms with E-state index in [1.807, 2.05) is 24.3 Å². The molecule has 4 heterocycles. The summed E-state index contributed by atoms with van der Waals surface area (Å²) in [5, 5.41) is 18.0. The molecule has 2 aromatic carbocycles. The number of nitrogens with one attached hydrogen (secondary N) is 3. The highest BCUT2D eigenvalue weighted by atomic mass is 28.4. The third-order valence-corrected chi connectivity index (χ3v) is 18.2. The molecule has 10 nitrogen and oxygen atoms in total. The van der Waals surface area contributed by atoms with Crippen LogP contribution in [0, 0.1) is 17.3 Å². The molecule has 7 rings (SSSR count). The van der Waals surface area contributed by atoms with Crippen molar-refractivity contribution in [1.29, 1.82) is 0 Å². The van der Waals surface area contributed by atoms with Crippen molar-refractivity contribution in [3.8, 4) is 11.5 Å². The Bertz CT molecular complexity index is 1870. The maximum atomic E-state index is 14.0. The summed E-state index contributed by atoms with van der Waals surface area (Å²) < 4.78 is 13.1. The van der Waals surface area contributed by atoms with Gasteiger partial charge in [-0.2, -0.15) is 0 Å². The Morgan fingerprint density at radius 3 is 2.46 bits per heavy atom. The van der Waals surface area contributed by atoms with E-state index < -0.39 is 8.32 Å². The van der Waals surface area contributed by atoms with Crippen LogP contribution in [0.5, 0.6) is 11.5 Å². The lowest BCUT2D eigenvalue weighted by molar-refractivity contribution is -0.159. The first-order valence-corrected chi connectivity index (χ1v) is 24.7. The predicted octanol–water partition coefficient (Wildman–Crippen LogP) is 8.39. The normalized spacial score (nSPS) is 21.3. The number of H-pyrrole nitrogens is 1. The molecule has 4 aliphatic rings. The standard InChI is InChI=1S/C46H68N4O6Si/c1-45(2,3)57(4,5)56-40(36-18-20-39(51)43-37(36)19-21-42(53)49-43)31-47-26-10-7-11-27-48-41(52)17-13-15-33-14-12-16-35(30-33)55-44(54)46(24-8-6-9-25-46)38-32-50-28-22-34(38)23-29-50/h12,14,16,18-21,30,34,38,40,47,51H,6-11,13,15,17,22-29,31-32H2,1-5H3,(H,48,52)(H,49,53)/t38-,40+/m1/s1. The Hall–Kier alpha value is -3.51. The van der Waals surface area contributed by atoms with Gasteiger partial charge in [0.1, 0.15) is 11.5 Å². The molecule has 1 saturated carbocycles. The number of esters is 1. The van der Waals surface area contributed by atoms with E-state index in [1.165, 1.54) is 38.4 Å². The minimum Gasteiger partial charge on any atom is -0.506 e. The predicted molar refractivity (Wildman–Crippen MR) is 230 cm³/mol. The molecule has 4 fully saturated rings. The zero-order chi connectivity index (χ0) is 40.6. The zero-order valence-electron chi connectivity index (χ0n) is 35.2. The maximum absolute atomic E-state index is 14.0. The fraction of sp³-hybridized carbons (Fsp3) is 0.630. The van der Waals surface area contributed by atoms with E-state index in [4.69, 9.17) is 9.16 Å². The number of carbonyl (C=O) groups excluding carboxylic acids is 2. The highest BCUT2D eigenvalue weighted by Gasteiger charge is 2.53. The summed E-state index contributed by atoms with van der Waals surface area (Å²) in [5.41, 5.74) is 1.85. The molecule has 312 valence electrons. The van der Waals surface area contributed by atoms with Crippen molar-refractivity contribution in [1.82, 2.24) is 20.5 Å². The summed E-state index contributed by atoms with van der Waals surface area (Å²) in [6.45, 7) is 16.6. The quantitative estimate of drug-likeness (QED) is 0.0437. The summed E-state index contributed by atoms with van der Waals surface area (Å²) >= 11 is 0. The highest BCUT2D eigenvalue weighted by molar-refractivity contribution is 6.74. The van der Waals surface area contributed by atoms with Crippen LogP contribution < -0.4 is 20.9 Å². The van der Waals surface area contributed by atoms with Gasteiger partial charge in [-0.05, 0) is 136 Å². The Labute approximate surface area is 341 Å². The SMILES string of the molecule is CC(C)(C)[Si](C)(C)O[C@@H](CNCCCCCNC(=O)CCCc1cccc(OC(=O)C2([C@@H]3CN4CCC3CC4)CCCCC2)c1)c1ccc(O)c2[nH]c(=O)ccc12. The van der Waals surface area contributed by atoms with Crippen molar-refractivity contribution in [2.75, 3.05) is 39.3 Å². The van der Waals surface area contributed by atoms with Crippen molar-refractivity contribution in [3.05, 3.63) is 70.0 Å². The fourth-order valence-corrected chi connectivity index (χ4v) is 10.6.